The van der Waals surface area contributed by atoms with Crippen LogP contribution in [0.5, 0.6) is 0 Å². The number of aromatic nitrogens is 4. The van der Waals surface area contributed by atoms with Gasteiger partial charge in [-0.1, -0.05) is 6.92 Å². The Morgan fingerprint density at radius 1 is 1.22 bits per heavy atom. The number of rotatable bonds is 1. The summed E-state index contributed by atoms with van der Waals surface area (Å²) in [6, 6.07) is 0.115. The minimum atomic E-state index is -0.532. The van der Waals surface area contributed by atoms with Crippen molar-refractivity contribution in [1.82, 2.24) is 25.3 Å². The van der Waals surface area contributed by atoms with E-state index in [1.54, 1.807) is 0 Å². The van der Waals surface area contributed by atoms with Crippen LogP contribution in [0.1, 0.15) is 31.6 Å². The minimum Gasteiger partial charge on any atom is -0.335 e. The average molecular weight is 249 g/mol. The first-order valence-electron chi connectivity index (χ1n) is 6.09. The molecular formula is C11H15N5O2. The molecule has 96 valence electrons. The highest BCUT2D eigenvalue weighted by molar-refractivity contribution is 5.68. The van der Waals surface area contributed by atoms with Crippen LogP contribution in [-0.4, -0.2) is 26.5 Å². The maximum absolute atomic E-state index is 11.6. The Kier molecular flexibility index (Phi) is 2.55. The van der Waals surface area contributed by atoms with E-state index >= 15 is 0 Å². The van der Waals surface area contributed by atoms with E-state index in [0.717, 1.165) is 19.4 Å². The molecule has 2 aromatic heterocycles. The molecule has 3 heterocycles. The third kappa shape index (κ3) is 1.86. The number of imidazole rings is 1. The van der Waals surface area contributed by atoms with E-state index in [0.29, 0.717) is 22.9 Å². The van der Waals surface area contributed by atoms with E-state index in [4.69, 9.17) is 0 Å². The van der Waals surface area contributed by atoms with Crippen molar-refractivity contribution in [3.63, 3.8) is 0 Å². The largest absolute Gasteiger partial charge is 0.335 e. The Balaban J connectivity index is 2.05. The number of nitrogens with zero attached hydrogens (tertiary/aromatic N) is 1. The van der Waals surface area contributed by atoms with E-state index in [2.05, 4.69) is 32.2 Å². The number of H-pyrrole nitrogens is 3. The summed E-state index contributed by atoms with van der Waals surface area (Å²) in [6.07, 6.45) is 2.12. The molecule has 1 saturated heterocycles. The van der Waals surface area contributed by atoms with Gasteiger partial charge in [0, 0.05) is 0 Å². The van der Waals surface area contributed by atoms with Crippen LogP contribution in [0.25, 0.3) is 11.2 Å². The Morgan fingerprint density at radius 3 is 2.83 bits per heavy atom. The molecule has 0 bridgehead atoms. The summed E-state index contributed by atoms with van der Waals surface area (Å²) >= 11 is 0. The summed E-state index contributed by atoms with van der Waals surface area (Å²) in [4.78, 5) is 34.7. The van der Waals surface area contributed by atoms with Crippen LogP contribution in [0, 0.1) is 5.92 Å². The van der Waals surface area contributed by atoms with Gasteiger partial charge in [-0.15, -0.1) is 0 Å². The van der Waals surface area contributed by atoms with Gasteiger partial charge in [0.1, 0.15) is 11.3 Å². The lowest BCUT2D eigenvalue weighted by Gasteiger charge is -2.26. The fourth-order valence-corrected chi connectivity index (χ4v) is 2.43. The second-order valence-electron chi connectivity index (χ2n) is 4.89. The molecule has 1 aliphatic heterocycles. The molecule has 18 heavy (non-hydrogen) atoms. The van der Waals surface area contributed by atoms with Crippen LogP contribution in [-0.2, 0) is 0 Å². The Bertz CT molecular complexity index is 683. The van der Waals surface area contributed by atoms with Gasteiger partial charge in [-0.25, -0.2) is 9.78 Å². The Labute approximate surface area is 102 Å². The lowest BCUT2D eigenvalue weighted by Crippen LogP contribution is -2.31. The maximum atomic E-state index is 11.6. The molecule has 0 radical (unpaired) electrons. The number of piperidine rings is 1. The standard InChI is InChI=1S/C11H15N5O2/c1-5-2-3-12-6(4-5)8-13-7-9(14-8)15-11(18)16-10(7)17/h5-6,12H,2-4H2,1H3,(H3,13,14,15,16,17,18). The predicted molar refractivity (Wildman–Crippen MR) is 66.5 cm³/mol. The van der Waals surface area contributed by atoms with Crippen molar-refractivity contribution in [1.29, 1.82) is 0 Å². The molecule has 7 heteroatoms. The first-order valence-corrected chi connectivity index (χ1v) is 6.09. The number of fused-ring (bicyclic) bond motifs is 1. The van der Waals surface area contributed by atoms with E-state index in [1.165, 1.54) is 0 Å². The van der Waals surface area contributed by atoms with Crippen LogP contribution >= 0.6 is 0 Å². The van der Waals surface area contributed by atoms with Crippen molar-refractivity contribution in [2.75, 3.05) is 6.54 Å². The average Bonchev–Trinajstić information content (AvgIpc) is 2.73. The zero-order chi connectivity index (χ0) is 12.7. The van der Waals surface area contributed by atoms with Crippen molar-refractivity contribution in [3.05, 3.63) is 26.7 Å². The molecule has 0 aliphatic carbocycles. The highest BCUT2D eigenvalue weighted by atomic mass is 16.2. The first kappa shape index (κ1) is 11.2. The summed E-state index contributed by atoms with van der Waals surface area (Å²) in [6.45, 7) is 3.14. The summed E-state index contributed by atoms with van der Waals surface area (Å²) in [7, 11) is 0. The normalized spacial score (nSPS) is 24.5. The van der Waals surface area contributed by atoms with Gasteiger partial charge in [0.25, 0.3) is 5.56 Å². The zero-order valence-electron chi connectivity index (χ0n) is 10.0. The summed E-state index contributed by atoms with van der Waals surface area (Å²) in [5.74, 6) is 1.34. The number of nitrogens with one attached hydrogen (secondary N) is 4. The van der Waals surface area contributed by atoms with Crippen LogP contribution in [0.4, 0.5) is 0 Å². The molecular weight excluding hydrogens is 234 g/mol. The molecule has 1 fully saturated rings. The molecule has 2 aromatic rings. The number of aromatic amines is 3. The molecule has 0 spiro atoms. The quantitative estimate of drug-likeness (QED) is 0.570. The van der Waals surface area contributed by atoms with Crippen molar-refractivity contribution < 1.29 is 0 Å². The highest BCUT2D eigenvalue weighted by Crippen LogP contribution is 2.25. The summed E-state index contributed by atoms with van der Waals surface area (Å²) < 4.78 is 0. The third-order valence-corrected chi connectivity index (χ3v) is 3.40. The van der Waals surface area contributed by atoms with Crippen molar-refractivity contribution >= 4 is 11.2 Å². The third-order valence-electron chi connectivity index (χ3n) is 3.40. The minimum absolute atomic E-state index is 0.115. The number of hydrogen-bond acceptors (Lipinski definition) is 4. The van der Waals surface area contributed by atoms with E-state index in [9.17, 15) is 9.59 Å². The van der Waals surface area contributed by atoms with Crippen LogP contribution in [0.3, 0.4) is 0 Å². The number of hydrogen-bond donors (Lipinski definition) is 4. The summed E-state index contributed by atoms with van der Waals surface area (Å²) in [5.41, 5.74) is -0.324. The van der Waals surface area contributed by atoms with Crippen molar-refractivity contribution in [2.45, 2.75) is 25.8 Å². The van der Waals surface area contributed by atoms with Gasteiger partial charge in [-0.3, -0.25) is 14.8 Å². The smallest absolute Gasteiger partial charge is 0.327 e. The maximum Gasteiger partial charge on any atom is 0.327 e. The predicted octanol–water partition coefficient (Wildman–Crippen LogP) is 0.0001000. The van der Waals surface area contributed by atoms with Crippen molar-refractivity contribution in [3.8, 4) is 0 Å². The monoisotopic (exact) mass is 249 g/mol. The van der Waals surface area contributed by atoms with E-state index < -0.39 is 11.2 Å². The van der Waals surface area contributed by atoms with E-state index in [1.807, 2.05) is 0 Å². The fraction of sp³-hybridized carbons (Fsp3) is 0.545. The van der Waals surface area contributed by atoms with Crippen LogP contribution in [0.2, 0.25) is 0 Å². The van der Waals surface area contributed by atoms with Gasteiger partial charge in [0.05, 0.1) is 6.04 Å². The molecule has 1 aliphatic rings. The first-order chi connectivity index (χ1) is 8.63. The van der Waals surface area contributed by atoms with E-state index in [-0.39, 0.29) is 6.04 Å². The molecule has 2 atom stereocenters. The molecule has 3 rings (SSSR count). The molecule has 0 aromatic carbocycles. The Morgan fingerprint density at radius 2 is 2.06 bits per heavy atom. The molecule has 4 N–H and O–H groups in total. The van der Waals surface area contributed by atoms with Gasteiger partial charge in [0.15, 0.2) is 5.65 Å². The lowest BCUT2D eigenvalue weighted by molar-refractivity contribution is 0.317. The van der Waals surface area contributed by atoms with Crippen LogP contribution in [0.15, 0.2) is 9.59 Å². The Hall–Kier alpha value is -1.89. The summed E-state index contributed by atoms with van der Waals surface area (Å²) in [5, 5.41) is 3.36. The zero-order valence-corrected chi connectivity index (χ0v) is 10.0. The van der Waals surface area contributed by atoms with Crippen molar-refractivity contribution in [2.24, 2.45) is 5.92 Å². The van der Waals surface area contributed by atoms with Gasteiger partial charge < -0.3 is 10.3 Å². The topological polar surface area (TPSA) is 106 Å². The van der Waals surface area contributed by atoms with Gasteiger partial charge in [-0.05, 0) is 25.3 Å². The molecule has 7 nitrogen and oxygen atoms in total. The fourth-order valence-electron chi connectivity index (χ4n) is 2.43. The molecule has 2 unspecified atom stereocenters. The highest BCUT2D eigenvalue weighted by Gasteiger charge is 2.23. The SMILES string of the molecule is CC1CCNC(c2nc3[nH]c(=O)[nH]c(=O)c3[nH]2)C1. The second kappa shape index (κ2) is 4.09. The van der Waals surface area contributed by atoms with Gasteiger partial charge >= 0.3 is 5.69 Å². The molecule has 0 saturated carbocycles. The lowest BCUT2D eigenvalue weighted by atomic mass is 9.94. The van der Waals surface area contributed by atoms with Gasteiger partial charge in [-0.2, -0.15) is 0 Å². The second-order valence-corrected chi connectivity index (χ2v) is 4.89. The van der Waals surface area contributed by atoms with Crippen LogP contribution < -0.4 is 16.6 Å². The molecule has 0 amide bonds. The van der Waals surface area contributed by atoms with Gasteiger partial charge in [0.2, 0.25) is 0 Å².